The summed E-state index contributed by atoms with van der Waals surface area (Å²) in [5.41, 5.74) is 5.89. The van der Waals surface area contributed by atoms with Crippen molar-refractivity contribution in [3.05, 3.63) is 53.1 Å². The maximum absolute atomic E-state index is 12.8. The molecular formula is C20H22ClN3O5. The molecule has 0 fully saturated rings. The molecule has 0 unspecified atom stereocenters. The molecule has 0 spiro atoms. The van der Waals surface area contributed by atoms with Gasteiger partial charge in [0.2, 0.25) is 11.8 Å². The molecule has 154 valence electrons. The summed E-state index contributed by atoms with van der Waals surface area (Å²) in [6.07, 6.45) is -0.0407. The fraction of sp³-hybridized carbons (Fsp3) is 0.250. The van der Waals surface area contributed by atoms with Gasteiger partial charge in [-0.15, -0.1) is 0 Å². The van der Waals surface area contributed by atoms with Crippen LogP contribution in [-0.4, -0.2) is 38.0 Å². The molecule has 0 saturated carbocycles. The maximum atomic E-state index is 12.8. The topological polar surface area (TPSA) is 120 Å². The molecule has 2 aromatic rings. The number of hydrogen-bond acceptors (Lipinski definition) is 5. The average Bonchev–Trinajstić information content (AvgIpc) is 2.71. The van der Waals surface area contributed by atoms with Crippen molar-refractivity contribution in [3.63, 3.8) is 0 Å². The molecule has 2 rings (SSSR count). The predicted octanol–water partition coefficient (Wildman–Crippen LogP) is 2.36. The summed E-state index contributed by atoms with van der Waals surface area (Å²) >= 11 is 5.83. The summed E-state index contributed by atoms with van der Waals surface area (Å²) in [4.78, 5) is 36.5. The van der Waals surface area contributed by atoms with E-state index in [1.807, 2.05) is 0 Å². The molecule has 29 heavy (non-hydrogen) atoms. The first kappa shape index (κ1) is 22.0. The lowest BCUT2D eigenvalue weighted by molar-refractivity contribution is -0.119. The van der Waals surface area contributed by atoms with Crippen LogP contribution in [0.2, 0.25) is 5.02 Å². The fourth-order valence-electron chi connectivity index (χ4n) is 2.53. The number of nitrogens with one attached hydrogen (secondary N) is 2. The van der Waals surface area contributed by atoms with Crippen molar-refractivity contribution in [2.24, 2.45) is 5.73 Å². The Bertz CT molecular complexity index is 886. The Morgan fingerprint density at radius 2 is 1.76 bits per heavy atom. The van der Waals surface area contributed by atoms with E-state index in [1.165, 1.54) is 26.4 Å². The second-order valence-corrected chi connectivity index (χ2v) is 6.53. The van der Waals surface area contributed by atoms with Gasteiger partial charge in [0.15, 0.2) is 0 Å². The minimum Gasteiger partial charge on any atom is -0.497 e. The summed E-state index contributed by atoms with van der Waals surface area (Å²) in [6.45, 7) is 0. The number of benzene rings is 2. The number of anilines is 1. The number of hydrogen-bond donors (Lipinski definition) is 3. The van der Waals surface area contributed by atoms with Gasteiger partial charge in [0, 0.05) is 23.1 Å². The molecule has 2 aromatic carbocycles. The zero-order chi connectivity index (χ0) is 21.4. The molecule has 4 N–H and O–H groups in total. The Morgan fingerprint density at radius 3 is 2.34 bits per heavy atom. The van der Waals surface area contributed by atoms with Crippen LogP contribution in [0.5, 0.6) is 11.5 Å². The van der Waals surface area contributed by atoms with Crippen molar-refractivity contribution in [1.29, 1.82) is 0 Å². The van der Waals surface area contributed by atoms with E-state index in [-0.39, 0.29) is 12.8 Å². The highest BCUT2D eigenvalue weighted by Gasteiger charge is 2.23. The molecule has 3 amide bonds. The van der Waals surface area contributed by atoms with Gasteiger partial charge in [0.1, 0.15) is 17.5 Å². The third-order valence-corrected chi connectivity index (χ3v) is 4.32. The normalized spacial score (nSPS) is 11.3. The van der Waals surface area contributed by atoms with E-state index in [9.17, 15) is 14.4 Å². The Hall–Kier alpha value is -3.26. The number of ether oxygens (including phenoxy) is 2. The lowest BCUT2D eigenvalue weighted by atomic mass is 10.1. The minimum absolute atomic E-state index is 0.0345. The van der Waals surface area contributed by atoms with Crippen LogP contribution in [0, 0.1) is 0 Å². The Labute approximate surface area is 173 Å². The Morgan fingerprint density at radius 1 is 1.07 bits per heavy atom. The van der Waals surface area contributed by atoms with E-state index in [0.29, 0.717) is 27.8 Å². The van der Waals surface area contributed by atoms with Gasteiger partial charge in [-0.05, 0) is 42.8 Å². The number of halogens is 1. The fourth-order valence-corrected chi connectivity index (χ4v) is 2.66. The molecule has 0 bridgehead atoms. The first-order chi connectivity index (χ1) is 13.8. The summed E-state index contributed by atoms with van der Waals surface area (Å²) in [6, 6.07) is 10.1. The van der Waals surface area contributed by atoms with E-state index < -0.39 is 23.8 Å². The molecule has 0 aromatic heterocycles. The summed E-state index contributed by atoms with van der Waals surface area (Å²) in [5.74, 6) is -0.664. The van der Waals surface area contributed by atoms with Crippen LogP contribution in [-0.2, 0) is 9.59 Å². The van der Waals surface area contributed by atoms with Crippen LogP contribution in [0.25, 0.3) is 0 Å². The van der Waals surface area contributed by atoms with Crippen LogP contribution in [0.15, 0.2) is 42.5 Å². The maximum Gasteiger partial charge on any atom is 0.251 e. The second kappa shape index (κ2) is 10.3. The number of nitrogens with two attached hydrogens (primary N) is 1. The molecule has 8 nitrogen and oxygen atoms in total. The van der Waals surface area contributed by atoms with Crippen LogP contribution < -0.4 is 25.8 Å². The van der Waals surface area contributed by atoms with Crippen LogP contribution >= 0.6 is 11.6 Å². The van der Waals surface area contributed by atoms with Crippen molar-refractivity contribution in [2.45, 2.75) is 18.9 Å². The van der Waals surface area contributed by atoms with Crippen molar-refractivity contribution in [2.75, 3.05) is 19.5 Å². The molecule has 0 aliphatic heterocycles. The Balaban J connectivity index is 2.20. The van der Waals surface area contributed by atoms with Crippen LogP contribution in [0.4, 0.5) is 5.69 Å². The molecule has 0 heterocycles. The van der Waals surface area contributed by atoms with Crippen molar-refractivity contribution in [3.8, 4) is 11.5 Å². The zero-order valence-electron chi connectivity index (χ0n) is 16.0. The number of amides is 3. The van der Waals surface area contributed by atoms with Crippen molar-refractivity contribution in [1.82, 2.24) is 5.32 Å². The molecule has 1 atom stereocenters. The highest BCUT2D eigenvalue weighted by molar-refractivity contribution is 6.30. The number of methoxy groups -OCH3 is 2. The molecule has 0 aliphatic carbocycles. The first-order valence-electron chi connectivity index (χ1n) is 8.71. The van der Waals surface area contributed by atoms with E-state index in [1.54, 1.807) is 30.3 Å². The Kier molecular flexibility index (Phi) is 7.85. The van der Waals surface area contributed by atoms with Gasteiger partial charge in [-0.25, -0.2) is 0 Å². The van der Waals surface area contributed by atoms with Gasteiger partial charge in [-0.1, -0.05) is 11.6 Å². The van der Waals surface area contributed by atoms with Crippen LogP contribution in [0.1, 0.15) is 23.2 Å². The lowest BCUT2D eigenvalue weighted by Gasteiger charge is -2.19. The quantitative estimate of drug-likeness (QED) is 0.576. The molecule has 0 radical (unpaired) electrons. The molecule has 9 heteroatoms. The lowest BCUT2D eigenvalue weighted by Crippen LogP contribution is -2.44. The minimum atomic E-state index is -0.999. The summed E-state index contributed by atoms with van der Waals surface area (Å²) in [7, 11) is 2.96. The smallest absolute Gasteiger partial charge is 0.251 e. The van der Waals surface area contributed by atoms with E-state index in [2.05, 4.69) is 10.6 Å². The van der Waals surface area contributed by atoms with Crippen molar-refractivity contribution >= 4 is 35.0 Å². The number of rotatable bonds is 9. The molecule has 0 saturated heterocycles. The van der Waals surface area contributed by atoms with Gasteiger partial charge in [0.05, 0.1) is 19.9 Å². The SMILES string of the molecule is COc1ccc(OC)c(NC(=O)[C@@H](CCC(N)=O)NC(=O)c2ccc(Cl)cc2)c1. The molecule has 0 aliphatic rings. The second-order valence-electron chi connectivity index (χ2n) is 6.09. The van der Waals surface area contributed by atoms with E-state index >= 15 is 0 Å². The zero-order valence-corrected chi connectivity index (χ0v) is 16.8. The number of carbonyl (C=O) groups is 3. The standard InChI is InChI=1S/C20H22ClN3O5/c1-28-14-7-9-17(29-2)16(11-14)24-20(27)15(8-10-18(22)25)23-19(26)12-3-5-13(21)6-4-12/h3-7,9,11,15H,8,10H2,1-2H3,(H2,22,25)(H,23,26)(H,24,27)/t15-/m1/s1. The number of primary amides is 1. The molecular weight excluding hydrogens is 398 g/mol. The highest BCUT2D eigenvalue weighted by atomic mass is 35.5. The van der Waals surface area contributed by atoms with Gasteiger partial charge >= 0.3 is 0 Å². The van der Waals surface area contributed by atoms with E-state index in [4.69, 9.17) is 26.8 Å². The van der Waals surface area contributed by atoms with Gasteiger partial charge in [0.25, 0.3) is 5.91 Å². The highest BCUT2D eigenvalue weighted by Crippen LogP contribution is 2.29. The first-order valence-corrected chi connectivity index (χ1v) is 9.09. The van der Waals surface area contributed by atoms with E-state index in [0.717, 1.165) is 0 Å². The number of carbonyl (C=O) groups excluding carboxylic acids is 3. The largest absolute Gasteiger partial charge is 0.497 e. The van der Waals surface area contributed by atoms with Gasteiger partial charge in [-0.3, -0.25) is 14.4 Å². The third-order valence-electron chi connectivity index (χ3n) is 4.07. The third kappa shape index (κ3) is 6.39. The average molecular weight is 420 g/mol. The van der Waals surface area contributed by atoms with Crippen molar-refractivity contribution < 1.29 is 23.9 Å². The predicted molar refractivity (Wildman–Crippen MR) is 109 cm³/mol. The summed E-state index contributed by atoms with van der Waals surface area (Å²) < 4.78 is 10.4. The van der Waals surface area contributed by atoms with Gasteiger partial charge < -0.3 is 25.8 Å². The summed E-state index contributed by atoms with van der Waals surface area (Å²) in [5, 5.41) is 5.80. The monoisotopic (exact) mass is 419 g/mol. The van der Waals surface area contributed by atoms with Gasteiger partial charge in [-0.2, -0.15) is 0 Å². The van der Waals surface area contributed by atoms with Crippen LogP contribution in [0.3, 0.4) is 0 Å².